The van der Waals surface area contributed by atoms with Crippen LogP contribution in [-0.2, 0) is 9.53 Å². The molecule has 0 saturated carbocycles. The Kier molecular flexibility index (Phi) is 15.5. The highest BCUT2D eigenvalue weighted by atomic mass is 16.5. The molecule has 2 rings (SSSR count). The third-order valence-electron chi connectivity index (χ3n) is 5.79. The number of hydrogen-bond donors (Lipinski definition) is 2. The largest absolute Gasteiger partial charge is 0.508 e. The topological polar surface area (TPSA) is 76.0 Å². The molecule has 34 heavy (non-hydrogen) atoms. The highest BCUT2D eigenvalue weighted by molar-refractivity contribution is 5.71. The van der Waals surface area contributed by atoms with E-state index >= 15 is 0 Å². The Hall–Kier alpha value is -2.53. The number of aliphatic carboxylic acids is 1. The van der Waals surface area contributed by atoms with Gasteiger partial charge in [0.25, 0.3) is 0 Å². The van der Waals surface area contributed by atoms with Crippen LogP contribution >= 0.6 is 0 Å². The van der Waals surface area contributed by atoms with Crippen LogP contribution in [0, 0.1) is 5.92 Å². The molecule has 0 fully saturated rings. The molecule has 0 radical (unpaired) electrons. The van der Waals surface area contributed by atoms with Gasteiger partial charge in [-0.25, -0.2) is 0 Å². The number of phenols is 1. The fraction of sp³-hybridized carbons (Fsp3) is 0.552. The molecule has 0 aliphatic carbocycles. The number of benzene rings is 2. The molecule has 2 N–H and O–H groups in total. The van der Waals surface area contributed by atoms with Crippen molar-refractivity contribution in [2.24, 2.45) is 5.92 Å². The van der Waals surface area contributed by atoms with Gasteiger partial charge in [0.2, 0.25) is 0 Å². The first-order valence-corrected chi connectivity index (χ1v) is 12.8. The summed E-state index contributed by atoms with van der Waals surface area (Å²) in [6.07, 6.45) is 9.49. The predicted octanol–water partition coefficient (Wildman–Crippen LogP) is 7.71. The molecule has 0 aromatic heterocycles. The second-order valence-corrected chi connectivity index (χ2v) is 8.72. The number of ether oxygens (including phenoxy) is 2. The first kappa shape index (κ1) is 29.5. The molecule has 0 spiro atoms. The fourth-order valence-electron chi connectivity index (χ4n) is 3.30. The number of hydrogen-bond acceptors (Lipinski definition) is 4. The zero-order chi connectivity index (χ0) is 25.2. The van der Waals surface area contributed by atoms with E-state index in [2.05, 4.69) is 19.9 Å². The second-order valence-electron chi connectivity index (χ2n) is 8.72. The highest BCUT2D eigenvalue weighted by Gasteiger charge is 2.19. The molecule has 0 amide bonds. The van der Waals surface area contributed by atoms with Gasteiger partial charge >= 0.3 is 5.97 Å². The molecule has 2 aromatic rings. The van der Waals surface area contributed by atoms with Crippen LogP contribution in [0.4, 0.5) is 0 Å². The van der Waals surface area contributed by atoms with Gasteiger partial charge in [-0.05, 0) is 50.5 Å². The summed E-state index contributed by atoms with van der Waals surface area (Å²) in [5, 5.41) is 18.0. The van der Waals surface area contributed by atoms with E-state index in [1.807, 2.05) is 30.3 Å². The Morgan fingerprint density at radius 1 is 0.824 bits per heavy atom. The first-order valence-electron chi connectivity index (χ1n) is 12.8. The molecule has 0 heterocycles. The van der Waals surface area contributed by atoms with Crippen LogP contribution in [0.1, 0.15) is 79.1 Å². The summed E-state index contributed by atoms with van der Waals surface area (Å²) in [5.74, 6) is -0.00293. The van der Waals surface area contributed by atoms with Crippen LogP contribution in [0.2, 0.25) is 0 Å². The van der Waals surface area contributed by atoms with Crippen molar-refractivity contribution in [1.29, 1.82) is 0 Å². The molecule has 0 aliphatic rings. The van der Waals surface area contributed by atoms with Gasteiger partial charge in [-0.2, -0.15) is 0 Å². The number of carboxylic acids is 1. The lowest BCUT2D eigenvalue weighted by atomic mass is 10.0. The van der Waals surface area contributed by atoms with Crippen LogP contribution in [0.15, 0.2) is 48.5 Å². The molecule has 190 valence electrons. The standard InChI is InChI=1S/C20H26O2.C9H18O3/c1-2-3-4-5-6-9-16-22-20-11-8-7-10-19(20)17-12-14-18(21)15-13-17;1-4-5-6-12-8(3)7(2)9(10)11/h7-8,10-15,21H,2-6,9,16H2,1H3;7-8H,4-6H2,1-3H3,(H,10,11). The van der Waals surface area contributed by atoms with Crippen molar-refractivity contribution in [2.45, 2.75) is 85.2 Å². The Morgan fingerprint density at radius 3 is 2.09 bits per heavy atom. The minimum Gasteiger partial charge on any atom is -0.508 e. The summed E-state index contributed by atoms with van der Waals surface area (Å²) in [6, 6.07) is 15.3. The lowest BCUT2D eigenvalue weighted by Crippen LogP contribution is -2.25. The monoisotopic (exact) mass is 472 g/mol. The summed E-state index contributed by atoms with van der Waals surface area (Å²) >= 11 is 0. The Morgan fingerprint density at radius 2 is 1.44 bits per heavy atom. The predicted molar refractivity (Wildman–Crippen MR) is 140 cm³/mol. The van der Waals surface area contributed by atoms with Gasteiger partial charge < -0.3 is 19.7 Å². The number of para-hydroxylation sites is 1. The van der Waals surface area contributed by atoms with Crippen LogP contribution in [-0.4, -0.2) is 35.5 Å². The quantitative estimate of drug-likeness (QED) is 0.260. The van der Waals surface area contributed by atoms with Gasteiger partial charge in [0.05, 0.1) is 18.6 Å². The van der Waals surface area contributed by atoms with Gasteiger partial charge in [0, 0.05) is 12.2 Å². The maximum absolute atomic E-state index is 10.5. The van der Waals surface area contributed by atoms with Gasteiger partial charge in [0.1, 0.15) is 11.5 Å². The smallest absolute Gasteiger partial charge is 0.308 e. The summed E-state index contributed by atoms with van der Waals surface area (Å²) in [5.41, 5.74) is 2.14. The van der Waals surface area contributed by atoms with Crippen molar-refractivity contribution in [2.75, 3.05) is 13.2 Å². The summed E-state index contributed by atoms with van der Waals surface area (Å²) < 4.78 is 11.3. The van der Waals surface area contributed by atoms with E-state index in [0.717, 1.165) is 42.7 Å². The van der Waals surface area contributed by atoms with E-state index in [0.29, 0.717) is 6.61 Å². The van der Waals surface area contributed by atoms with E-state index in [-0.39, 0.29) is 11.9 Å². The molecule has 0 aliphatic heterocycles. The third-order valence-corrected chi connectivity index (χ3v) is 5.79. The third kappa shape index (κ3) is 12.1. The number of aromatic hydroxyl groups is 1. The maximum atomic E-state index is 10.5. The Balaban J connectivity index is 0.000000411. The van der Waals surface area contributed by atoms with E-state index < -0.39 is 11.9 Å². The summed E-state index contributed by atoms with van der Waals surface area (Å²) in [7, 11) is 0. The van der Waals surface area contributed by atoms with E-state index in [9.17, 15) is 9.90 Å². The van der Waals surface area contributed by atoms with Crippen molar-refractivity contribution in [3.05, 3.63) is 48.5 Å². The highest BCUT2D eigenvalue weighted by Crippen LogP contribution is 2.30. The molecule has 0 bridgehead atoms. The minimum absolute atomic E-state index is 0.186. The summed E-state index contributed by atoms with van der Waals surface area (Å²) in [6.45, 7) is 9.21. The van der Waals surface area contributed by atoms with Gasteiger partial charge in [-0.3, -0.25) is 4.79 Å². The SMILES string of the molecule is CCCCCCCCOc1ccccc1-c1ccc(O)cc1.CCCCOC(C)C(C)C(=O)O. The Labute approximate surface area is 206 Å². The van der Waals surface area contributed by atoms with Crippen LogP contribution in [0.5, 0.6) is 11.5 Å². The summed E-state index contributed by atoms with van der Waals surface area (Å²) in [4.78, 5) is 10.5. The first-order chi connectivity index (χ1) is 16.4. The molecular weight excluding hydrogens is 428 g/mol. The van der Waals surface area contributed by atoms with Gasteiger partial charge in [-0.15, -0.1) is 0 Å². The van der Waals surface area contributed by atoms with Crippen molar-refractivity contribution < 1.29 is 24.5 Å². The molecule has 5 nitrogen and oxygen atoms in total. The van der Waals surface area contributed by atoms with E-state index in [1.54, 1.807) is 26.0 Å². The number of carboxylic acid groups (broad SMARTS) is 1. The average Bonchev–Trinajstić information content (AvgIpc) is 2.84. The van der Waals surface area contributed by atoms with Crippen LogP contribution in [0.3, 0.4) is 0 Å². The zero-order valence-electron chi connectivity index (χ0n) is 21.5. The lowest BCUT2D eigenvalue weighted by Gasteiger charge is -2.16. The van der Waals surface area contributed by atoms with Crippen molar-refractivity contribution in [3.63, 3.8) is 0 Å². The second kappa shape index (κ2) is 17.9. The average molecular weight is 473 g/mol. The number of carbonyl (C=O) groups is 1. The molecule has 0 saturated heterocycles. The number of rotatable bonds is 15. The molecule has 2 unspecified atom stereocenters. The van der Waals surface area contributed by atoms with Gasteiger partial charge in [-0.1, -0.05) is 82.7 Å². The zero-order valence-corrected chi connectivity index (χ0v) is 21.5. The normalized spacial score (nSPS) is 12.4. The maximum Gasteiger partial charge on any atom is 0.308 e. The van der Waals surface area contributed by atoms with E-state index in [4.69, 9.17) is 14.6 Å². The van der Waals surface area contributed by atoms with Crippen LogP contribution < -0.4 is 4.74 Å². The molecular formula is C29H44O5. The van der Waals surface area contributed by atoms with Crippen molar-refractivity contribution in [3.8, 4) is 22.6 Å². The van der Waals surface area contributed by atoms with E-state index in [1.165, 1.54) is 32.1 Å². The fourth-order valence-corrected chi connectivity index (χ4v) is 3.30. The van der Waals surface area contributed by atoms with Crippen molar-refractivity contribution >= 4 is 5.97 Å². The molecule has 5 heteroatoms. The molecule has 2 aromatic carbocycles. The molecule has 2 atom stereocenters. The lowest BCUT2D eigenvalue weighted by molar-refractivity contribution is -0.146. The number of unbranched alkanes of at least 4 members (excludes halogenated alkanes) is 6. The minimum atomic E-state index is -0.793. The van der Waals surface area contributed by atoms with Crippen LogP contribution in [0.25, 0.3) is 11.1 Å². The van der Waals surface area contributed by atoms with Gasteiger partial charge in [0.15, 0.2) is 0 Å². The number of phenolic OH excluding ortho intramolecular Hbond substituents is 1. The van der Waals surface area contributed by atoms with Crippen molar-refractivity contribution in [1.82, 2.24) is 0 Å². The Bertz CT molecular complexity index is 787.